The van der Waals surface area contributed by atoms with Crippen molar-refractivity contribution in [1.29, 1.82) is 0 Å². The molecule has 2 rings (SSSR count). The van der Waals surface area contributed by atoms with Gasteiger partial charge in [-0.15, -0.1) is 0 Å². The molecule has 7 nitrogen and oxygen atoms in total. The number of amides is 1. The zero-order valence-electron chi connectivity index (χ0n) is 13.7. The Bertz CT molecular complexity index is 448. The van der Waals surface area contributed by atoms with E-state index < -0.39 is 5.60 Å². The third-order valence-corrected chi connectivity index (χ3v) is 3.41. The van der Waals surface area contributed by atoms with E-state index in [1.807, 2.05) is 20.8 Å². The SMILES string of the molecule is CC(C)(C)OC(=O)N1CCN(CCNCc2cnco2)CC1. The van der Waals surface area contributed by atoms with Crippen molar-refractivity contribution in [1.82, 2.24) is 20.1 Å². The van der Waals surface area contributed by atoms with Crippen molar-refractivity contribution in [2.24, 2.45) is 0 Å². The molecule has 2 heterocycles. The smallest absolute Gasteiger partial charge is 0.410 e. The second-order valence-corrected chi connectivity index (χ2v) is 6.45. The Labute approximate surface area is 131 Å². The number of ether oxygens (including phenoxy) is 1. The van der Waals surface area contributed by atoms with Crippen molar-refractivity contribution in [2.75, 3.05) is 39.3 Å². The molecule has 0 aromatic carbocycles. The maximum absolute atomic E-state index is 12.0. The van der Waals surface area contributed by atoms with Gasteiger partial charge in [-0.3, -0.25) is 4.90 Å². The minimum absolute atomic E-state index is 0.212. The highest BCUT2D eigenvalue weighted by Crippen LogP contribution is 2.11. The highest BCUT2D eigenvalue weighted by molar-refractivity contribution is 5.68. The summed E-state index contributed by atoms with van der Waals surface area (Å²) in [7, 11) is 0. The van der Waals surface area contributed by atoms with Crippen LogP contribution in [0.1, 0.15) is 26.5 Å². The summed E-state index contributed by atoms with van der Waals surface area (Å²) in [6, 6.07) is 0. The van der Waals surface area contributed by atoms with Gasteiger partial charge in [-0.1, -0.05) is 0 Å². The van der Waals surface area contributed by atoms with Crippen LogP contribution < -0.4 is 5.32 Å². The third-order valence-electron chi connectivity index (χ3n) is 3.41. The van der Waals surface area contributed by atoms with Crippen molar-refractivity contribution in [2.45, 2.75) is 32.9 Å². The van der Waals surface area contributed by atoms with Gasteiger partial charge in [0.15, 0.2) is 6.39 Å². The van der Waals surface area contributed by atoms with Crippen LogP contribution in [0.2, 0.25) is 0 Å². The number of hydrogen-bond acceptors (Lipinski definition) is 6. The molecule has 1 aliphatic heterocycles. The van der Waals surface area contributed by atoms with Crippen molar-refractivity contribution < 1.29 is 13.9 Å². The summed E-state index contributed by atoms with van der Waals surface area (Å²) in [6.45, 7) is 11.4. The fraction of sp³-hybridized carbons (Fsp3) is 0.733. The molecule has 1 saturated heterocycles. The maximum Gasteiger partial charge on any atom is 0.410 e. The summed E-state index contributed by atoms with van der Waals surface area (Å²) in [5, 5.41) is 3.32. The van der Waals surface area contributed by atoms with Gasteiger partial charge < -0.3 is 19.4 Å². The van der Waals surface area contributed by atoms with Crippen molar-refractivity contribution in [3.8, 4) is 0 Å². The van der Waals surface area contributed by atoms with E-state index in [0.717, 1.165) is 45.0 Å². The van der Waals surface area contributed by atoms with Gasteiger partial charge in [0.2, 0.25) is 0 Å². The number of hydrogen-bond donors (Lipinski definition) is 1. The Morgan fingerprint density at radius 2 is 2.09 bits per heavy atom. The van der Waals surface area contributed by atoms with Crippen LogP contribution in [0.25, 0.3) is 0 Å². The topological polar surface area (TPSA) is 70.8 Å². The first-order chi connectivity index (χ1) is 10.4. The van der Waals surface area contributed by atoms with Crippen LogP contribution >= 0.6 is 0 Å². The van der Waals surface area contributed by atoms with E-state index in [2.05, 4.69) is 15.2 Å². The Morgan fingerprint density at radius 1 is 1.36 bits per heavy atom. The number of oxazole rings is 1. The molecule has 0 unspecified atom stereocenters. The Hall–Kier alpha value is -1.60. The van der Waals surface area contributed by atoms with Gasteiger partial charge in [0.25, 0.3) is 0 Å². The molecule has 1 fully saturated rings. The van der Waals surface area contributed by atoms with E-state index in [4.69, 9.17) is 9.15 Å². The van der Waals surface area contributed by atoms with Gasteiger partial charge in [-0.05, 0) is 20.8 Å². The molecule has 124 valence electrons. The Kier molecular flexibility index (Phi) is 5.79. The lowest BCUT2D eigenvalue weighted by molar-refractivity contribution is 0.0146. The predicted molar refractivity (Wildman–Crippen MR) is 82.5 cm³/mol. The van der Waals surface area contributed by atoms with E-state index in [1.54, 1.807) is 11.1 Å². The molecule has 22 heavy (non-hydrogen) atoms. The summed E-state index contributed by atoms with van der Waals surface area (Å²) in [6.07, 6.45) is 2.94. The second kappa shape index (κ2) is 7.60. The monoisotopic (exact) mass is 310 g/mol. The molecule has 1 aromatic heterocycles. The van der Waals surface area contributed by atoms with Crippen LogP contribution in [-0.2, 0) is 11.3 Å². The van der Waals surface area contributed by atoms with Crippen molar-refractivity contribution in [3.05, 3.63) is 18.4 Å². The number of piperazine rings is 1. The molecule has 1 amide bonds. The lowest BCUT2D eigenvalue weighted by Crippen LogP contribution is -2.51. The van der Waals surface area contributed by atoms with Gasteiger partial charge in [-0.2, -0.15) is 0 Å². The fourth-order valence-corrected chi connectivity index (χ4v) is 2.26. The summed E-state index contributed by atoms with van der Waals surface area (Å²) in [5.74, 6) is 0.842. The van der Waals surface area contributed by atoms with Crippen LogP contribution in [0, 0.1) is 0 Å². The normalized spacial score (nSPS) is 16.8. The molecule has 1 aliphatic rings. The zero-order chi connectivity index (χ0) is 16.0. The van der Waals surface area contributed by atoms with Gasteiger partial charge in [0.05, 0.1) is 12.7 Å². The van der Waals surface area contributed by atoms with E-state index >= 15 is 0 Å². The van der Waals surface area contributed by atoms with E-state index in [1.165, 1.54) is 6.39 Å². The molecule has 0 atom stereocenters. The summed E-state index contributed by atoms with van der Waals surface area (Å²) < 4.78 is 10.6. The van der Waals surface area contributed by atoms with Crippen LogP contribution in [0.5, 0.6) is 0 Å². The first-order valence-corrected chi connectivity index (χ1v) is 7.72. The minimum Gasteiger partial charge on any atom is -0.447 e. The first kappa shape index (κ1) is 16.8. The minimum atomic E-state index is -0.432. The lowest BCUT2D eigenvalue weighted by atomic mass is 10.2. The molecule has 7 heteroatoms. The molecule has 0 radical (unpaired) electrons. The quantitative estimate of drug-likeness (QED) is 0.827. The largest absolute Gasteiger partial charge is 0.447 e. The highest BCUT2D eigenvalue weighted by Gasteiger charge is 2.25. The molecule has 0 spiro atoms. The average Bonchev–Trinajstić information content (AvgIpc) is 2.95. The number of carbonyl (C=O) groups is 1. The fourth-order valence-electron chi connectivity index (χ4n) is 2.26. The van der Waals surface area contributed by atoms with Gasteiger partial charge in [0, 0.05) is 39.3 Å². The Morgan fingerprint density at radius 3 is 2.68 bits per heavy atom. The molecule has 0 bridgehead atoms. The van der Waals surface area contributed by atoms with E-state index in [9.17, 15) is 4.79 Å². The third kappa shape index (κ3) is 5.65. The van der Waals surface area contributed by atoms with Gasteiger partial charge in [-0.25, -0.2) is 9.78 Å². The van der Waals surface area contributed by atoms with E-state index in [-0.39, 0.29) is 6.09 Å². The van der Waals surface area contributed by atoms with Crippen LogP contribution in [0.4, 0.5) is 4.79 Å². The standard InChI is InChI=1S/C15H26N4O3/c1-15(2,3)22-14(20)19-8-6-18(7-9-19)5-4-16-10-13-11-17-12-21-13/h11-12,16H,4-10H2,1-3H3. The van der Waals surface area contributed by atoms with Crippen LogP contribution in [0.3, 0.4) is 0 Å². The molecular formula is C15H26N4O3. The highest BCUT2D eigenvalue weighted by atomic mass is 16.6. The molecule has 1 N–H and O–H groups in total. The number of nitrogens with zero attached hydrogens (tertiary/aromatic N) is 3. The lowest BCUT2D eigenvalue weighted by Gasteiger charge is -2.35. The van der Waals surface area contributed by atoms with Gasteiger partial charge >= 0.3 is 6.09 Å². The summed E-state index contributed by atoms with van der Waals surface area (Å²) in [5.41, 5.74) is -0.432. The molecule has 0 saturated carbocycles. The van der Waals surface area contributed by atoms with Gasteiger partial charge in [0.1, 0.15) is 11.4 Å². The van der Waals surface area contributed by atoms with Crippen molar-refractivity contribution >= 4 is 6.09 Å². The molecule has 1 aromatic rings. The predicted octanol–water partition coefficient (Wildman–Crippen LogP) is 1.32. The van der Waals surface area contributed by atoms with Crippen molar-refractivity contribution in [3.63, 3.8) is 0 Å². The maximum atomic E-state index is 12.0. The number of rotatable bonds is 5. The summed E-state index contributed by atoms with van der Waals surface area (Å²) in [4.78, 5) is 20.0. The number of nitrogens with one attached hydrogen (secondary N) is 1. The molecular weight excluding hydrogens is 284 g/mol. The average molecular weight is 310 g/mol. The zero-order valence-corrected chi connectivity index (χ0v) is 13.7. The first-order valence-electron chi connectivity index (χ1n) is 7.72. The van der Waals surface area contributed by atoms with E-state index in [0.29, 0.717) is 6.54 Å². The Balaban J connectivity index is 1.59. The van der Waals surface area contributed by atoms with Crippen LogP contribution in [0.15, 0.2) is 17.0 Å². The molecule has 0 aliphatic carbocycles. The second-order valence-electron chi connectivity index (χ2n) is 6.45. The summed E-state index contributed by atoms with van der Waals surface area (Å²) >= 11 is 0. The van der Waals surface area contributed by atoms with Crippen LogP contribution in [-0.4, -0.2) is 65.7 Å². The number of aromatic nitrogens is 1. The number of carbonyl (C=O) groups excluding carboxylic acids is 1.